The molecule has 0 aliphatic carbocycles. The zero-order valence-electron chi connectivity index (χ0n) is 12.6. The molecule has 1 atom stereocenters. The minimum atomic E-state index is -0.176. The minimum Gasteiger partial charge on any atom is -0.332 e. The third kappa shape index (κ3) is 2.16. The quantitative estimate of drug-likeness (QED) is 0.789. The van der Waals surface area contributed by atoms with Crippen LogP contribution in [0.4, 0.5) is 4.79 Å². The van der Waals surface area contributed by atoms with E-state index in [9.17, 15) is 4.79 Å². The molecule has 1 aliphatic heterocycles. The molecule has 0 saturated carbocycles. The summed E-state index contributed by atoms with van der Waals surface area (Å²) >= 11 is 0. The molecule has 1 fully saturated rings. The van der Waals surface area contributed by atoms with E-state index in [-0.39, 0.29) is 29.1 Å². The Morgan fingerprint density at radius 3 is 1.94 bits per heavy atom. The van der Waals surface area contributed by atoms with Gasteiger partial charge in [-0.1, -0.05) is 27.7 Å². The summed E-state index contributed by atoms with van der Waals surface area (Å²) in [6.45, 7) is 17.3. The van der Waals surface area contributed by atoms with E-state index in [0.717, 1.165) is 0 Å². The number of hydrogen-bond acceptors (Lipinski definition) is 1. The van der Waals surface area contributed by atoms with Gasteiger partial charge in [0.1, 0.15) is 0 Å². The van der Waals surface area contributed by atoms with Crippen molar-refractivity contribution in [1.29, 1.82) is 0 Å². The lowest BCUT2D eigenvalue weighted by molar-refractivity contribution is -0.0273. The summed E-state index contributed by atoms with van der Waals surface area (Å²) in [5.74, 6) is 0.456. The third-order valence-corrected chi connectivity index (χ3v) is 4.49. The minimum absolute atomic E-state index is 0.0410. The van der Waals surface area contributed by atoms with Crippen LogP contribution in [0.15, 0.2) is 0 Å². The highest BCUT2D eigenvalue weighted by Crippen LogP contribution is 2.43. The molecule has 1 N–H and O–H groups in total. The summed E-state index contributed by atoms with van der Waals surface area (Å²) in [7, 11) is 0. The van der Waals surface area contributed by atoms with Crippen LogP contribution in [0.1, 0.15) is 55.4 Å². The second-order valence-corrected chi connectivity index (χ2v) is 6.97. The number of nitrogens with one attached hydrogen (secondary N) is 1. The highest BCUT2D eigenvalue weighted by atomic mass is 16.2. The number of carbonyl (C=O) groups excluding carboxylic acids is 1. The normalized spacial score (nSPS) is 27.5. The summed E-state index contributed by atoms with van der Waals surface area (Å²) in [6, 6.07) is 0.576. The van der Waals surface area contributed by atoms with E-state index in [1.807, 2.05) is 4.90 Å². The van der Waals surface area contributed by atoms with Gasteiger partial charge in [0.25, 0.3) is 0 Å². The van der Waals surface area contributed by atoms with Crippen LogP contribution in [0.2, 0.25) is 0 Å². The Morgan fingerprint density at radius 2 is 1.59 bits per heavy atom. The van der Waals surface area contributed by atoms with Crippen molar-refractivity contribution in [2.75, 3.05) is 0 Å². The zero-order chi connectivity index (χ0) is 13.6. The molecule has 1 heterocycles. The molecule has 2 amide bonds. The monoisotopic (exact) mass is 240 g/mol. The van der Waals surface area contributed by atoms with Crippen LogP contribution >= 0.6 is 0 Å². The van der Waals surface area contributed by atoms with E-state index in [1.54, 1.807) is 0 Å². The molecule has 17 heavy (non-hydrogen) atoms. The smallest absolute Gasteiger partial charge is 0.318 e. The second kappa shape index (κ2) is 4.18. The van der Waals surface area contributed by atoms with Gasteiger partial charge in [0.05, 0.1) is 0 Å². The van der Waals surface area contributed by atoms with Crippen LogP contribution in [0, 0.1) is 11.3 Å². The maximum absolute atomic E-state index is 12.3. The van der Waals surface area contributed by atoms with Gasteiger partial charge in [0, 0.05) is 23.0 Å². The Morgan fingerprint density at radius 1 is 1.12 bits per heavy atom. The molecular formula is C14H28N2O. The van der Waals surface area contributed by atoms with Crippen LogP contribution < -0.4 is 5.32 Å². The molecule has 0 spiro atoms. The SMILES string of the molecule is CC(C)C1N(C(C)C)C(=O)NC(C)(C)C1(C)C. The Bertz CT molecular complexity index is 305. The maximum Gasteiger partial charge on any atom is 0.318 e. The Labute approximate surface area is 106 Å². The fourth-order valence-corrected chi connectivity index (χ4v) is 3.05. The van der Waals surface area contributed by atoms with Gasteiger partial charge in [0.15, 0.2) is 0 Å². The number of urea groups is 1. The van der Waals surface area contributed by atoms with Crippen molar-refractivity contribution in [3.05, 3.63) is 0 Å². The topological polar surface area (TPSA) is 32.3 Å². The molecule has 3 heteroatoms. The molecule has 0 bridgehead atoms. The predicted octanol–water partition coefficient (Wildman–Crippen LogP) is 3.25. The van der Waals surface area contributed by atoms with Crippen molar-refractivity contribution in [2.45, 2.75) is 73.0 Å². The van der Waals surface area contributed by atoms with Gasteiger partial charge >= 0.3 is 6.03 Å². The first-order valence-corrected chi connectivity index (χ1v) is 6.63. The zero-order valence-corrected chi connectivity index (χ0v) is 12.6. The molecule has 1 saturated heterocycles. The van der Waals surface area contributed by atoms with Crippen LogP contribution in [-0.4, -0.2) is 28.6 Å². The first-order valence-electron chi connectivity index (χ1n) is 6.63. The van der Waals surface area contributed by atoms with Gasteiger partial charge in [-0.2, -0.15) is 0 Å². The second-order valence-electron chi connectivity index (χ2n) is 6.97. The van der Waals surface area contributed by atoms with Crippen LogP contribution in [0.3, 0.4) is 0 Å². The highest BCUT2D eigenvalue weighted by Gasteiger charge is 2.53. The third-order valence-electron chi connectivity index (χ3n) is 4.49. The molecule has 100 valence electrons. The lowest BCUT2D eigenvalue weighted by atomic mass is 9.64. The molecule has 1 aliphatic rings. The van der Waals surface area contributed by atoms with Crippen molar-refractivity contribution in [3.8, 4) is 0 Å². The van der Waals surface area contributed by atoms with Crippen molar-refractivity contribution in [2.24, 2.45) is 11.3 Å². The standard InChI is InChI=1S/C14H28N2O/c1-9(2)11-13(5,6)14(7,8)15-12(17)16(11)10(3)4/h9-11H,1-8H3,(H,15,17). The Hall–Kier alpha value is -0.730. The lowest BCUT2D eigenvalue weighted by Crippen LogP contribution is -2.73. The van der Waals surface area contributed by atoms with Crippen LogP contribution in [0.5, 0.6) is 0 Å². The van der Waals surface area contributed by atoms with E-state index < -0.39 is 0 Å². The molecular weight excluding hydrogens is 212 g/mol. The van der Waals surface area contributed by atoms with Crippen molar-refractivity contribution in [1.82, 2.24) is 10.2 Å². The van der Waals surface area contributed by atoms with Crippen molar-refractivity contribution < 1.29 is 4.79 Å². The highest BCUT2D eigenvalue weighted by molar-refractivity contribution is 5.77. The van der Waals surface area contributed by atoms with E-state index in [1.165, 1.54) is 0 Å². The lowest BCUT2D eigenvalue weighted by Gasteiger charge is -2.58. The van der Waals surface area contributed by atoms with E-state index in [4.69, 9.17) is 0 Å². The van der Waals surface area contributed by atoms with Crippen LogP contribution in [-0.2, 0) is 0 Å². The van der Waals surface area contributed by atoms with Gasteiger partial charge in [-0.15, -0.1) is 0 Å². The average Bonchev–Trinajstić information content (AvgIpc) is 2.08. The average molecular weight is 240 g/mol. The van der Waals surface area contributed by atoms with Gasteiger partial charge in [-0.3, -0.25) is 0 Å². The predicted molar refractivity (Wildman–Crippen MR) is 72.0 cm³/mol. The van der Waals surface area contributed by atoms with Crippen molar-refractivity contribution >= 4 is 6.03 Å². The first-order chi connectivity index (χ1) is 7.52. The Kier molecular flexibility index (Phi) is 3.52. The fourth-order valence-electron chi connectivity index (χ4n) is 3.05. The van der Waals surface area contributed by atoms with E-state index in [2.05, 4.69) is 60.7 Å². The van der Waals surface area contributed by atoms with Gasteiger partial charge < -0.3 is 10.2 Å². The molecule has 0 radical (unpaired) electrons. The molecule has 0 aromatic rings. The van der Waals surface area contributed by atoms with Gasteiger partial charge in [-0.05, 0) is 33.6 Å². The Balaban J connectivity index is 3.24. The maximum atomic E-state index is 12.3. The fraction of sp³-hybridized carbons (Fsp3) is 0.929. The van der Waals surface area contributed by atoms with E-state index >= 15 is 0 Å². The number of rotatable bonds is 2. The number of hydrogen-bond donors (Lipinski definition) is 1. The summed E-state index contributed by atoms with van der Waals surface area (Å²) in [5, 5.41) is 3.15. The molecule has 1 unspecified atom stereocenters. The molecule has 0 aromatic carbocycles. The van der Waals surface area contributed by atoms with Crippen LogP contribution in [0.25, 0.3) is 0 Å². The van der Waals surface area contributed by atoms with Gasteiger partial charge in [0.2, 0.25) is 0 Å². The number of carbonyl (C=O) groups is 1. The summed E-state index contributed by atoms with van der Waals surface area (Å²) in [6.07, 6.45) is 0. The first kappa shape index (κ1) is 14.3. The summed E-state index contributed by atoms with van der Waals surface area (Å²) in [5.41, 5.74) is -0.135. The summed E-state index contributed by atoms with van der Waals surface area (Å²) in [4.78, 5) is 14.3. The summed E-state index contributed by atoms with van der Waals surface area (Å²) < 4.78 is 0. The largest absolute Gasteiger partial charge is 0.332 e. The molecule has 1 rings (SSSR count). The number of amides is 2. The van der Waals surface area contributed by atoms with E-state index in [0.29, 0.717) is 5.92 Å². The molecule has 3 nitrogen and oxygen atoms in total. The van der Waals surface area contributed by atoms with Gasteiger partial charge in [-0.25, -0.2) is 4.79 Å². The number of nitrogens with zero attached hydrogens (tertiary/aromatic N) is 1. The van der Waals surface area contributed by atoms with Crippen molar-refractivity contribution in [3.63, 3.8) is 0 Å². The molecule has 0 aromatic heterocycles.